The maximum atomic E-state index is 12.9. The molecule has 0 saturated carbocycles. The predicted octanol–water partition coefficient (Wildman–Crippen LogP) is 4.74. The van der Waals surface area contributed by atoms with Crippen molar-refractivity contribution >= 4 is 17.6 Å². The molecule has 4 rings (SSSR count). The van der Waals surface area contributed by atoms with Crippen molar-refractivity contribution in [3.05, 3.63) is 94.4 Å². The van der Waals surface area contributed by atoms with Gasteiger partial charge in [-0.05, 0) is 61.7 Å². The van der Waals surface area contributed by atoms with Gasteiger partial charge in [-0.25, -0.2) is 9.80 Å². The number of rotatable bonds is 5. The molecule has 0 radical (unpaired) electrons. The van der Waals surface area contributed by atoms with Crippen molar-refractivity contribution in [2.24, 2.45) is 5.10 Å². The topological polar surface area (TPSA) is 72.1 Å². The quantitative estimate of drug-likeness (QED) is 0.563. The van der Waals surface area contributed by atoms with Crippen LogP contribution in [0.1, 0.15) is 50.8 Å². The van der Waals surface area contributed by atoms with Crippen molar-refractivity contribution in [1.29, 1.82) is 0 Å². The van der Waals surface area contributed by atoms with Crippen LogP contribution in [0, 0.1) is 20.8 Å². The molecule has 1 aromatic heterocycles. The fourth-order valence-electron chi connectivity index (χ4n) is 3.51. The zero-order valence-corrected chi connectivity index (χ0v) is 17.8. The largest absolute Gasteiger partial charge is 0.467 e. The van der Waals surface area contributed by atoms with Gasteiger partial charge in [0.2, 0.25) is 0 Å². The van der Waals surface area contributed by atoms with Crippen LogP contribution in [-0.4, -0.2) is 29.2 Å². The van der Waals surface area contributed by atoms with Gasteiger partial charge in [0, 0.05) is 6.42 Å². The fourth-order valence-corrected chi connectivity index (χ4v) is 3.51. The lowest BCUT2D eigenvalue weighted by Gasteiger charge is -2.19. The Hall–Kier alpha value is -3.67. The molecule has 1 aliphatic rings. The molecule has 158 valence electrons. The smallest absolute Gasteiger partial charge is 0.338 e. The molecule has 2 aromatic carbocycles. The van der Waals surface area contributed by atoms with E-state index in [2.05, 4.69) is 5.10 Å². The Morgan fingerprint density at radius 2 is 1.84 bits per heavy atom. The summed E-state index contributed by atoms with van der Waals surface area (Å²) in [6.07, 6.45) is 2.09. The van der Waals surface area contributed by atoms with Gasteiger partial charge in [-0.15, -0.1) is 0 Å². The number of benzene rings is 2. The molecule has 0 fully saturated rings. The van der Waals surface area contributed by atoms with Gasteiger partial charge in [0.1, 0.15) is 11.8 Å². The van der Waals surface area contributed by atoms with Gasteiger partial charge in [0.15, 0.2) is 6.61 Å². The highest BCUT2D eigenvalue weighted by Gasteiger charge is 2.35. The van der Waals surface area contributed by atoms with E-state index < -0.39 is 18.5 Å². The first-order valence-electron chi connectivity index (χ1n) is 10.2. The number of nitrogens with zero attached hydrogens (tertiary/aromatic N) is 2. The summed E-state index contributed by atoms with van der Waals surface area (Å²) in [6, 6.07) is 16.5. The standard InChI is InChI=1S/C25H24N2O4/c1-16-6-9-19(10-7-16)21-14-22(23-5-4-12-30-23)27(26-21)24(28)15-31-25(29)20-11-8-17(2)18(3)13-20/h4-13,22H,14-15H2,1-3H3/t22-/m1/s1. The number of aryl methyl sites for hydroxylation is 3. The van der Waals surface area contributed by atoms with E-state index in [0.29, 0.717) is 17.7 Å². The summed E-state index contributed by atoms with van der Waals surface area (Å²) in [5.74, 6) is -0.298. The SMILES string of the molecule is Cc1ccc(C2=NN(C(=O)COC(=O)c3ccc(C)c(C)c3)[C@@H](c3ccco3)C2)cc1. The molecule has 0 saturated heterocycles. The molecule has 6 heteroatoms. The minimum atomic E-state index is -0.534. The van der Waals surface area contributed by atoms with Crippen LogP contribution in [0.4, 0.5) is 0 Å². The number of ether oxygens (including phenoxy) is 1. The molecule has 0 unspecified atom stereocenters. The predicted molar refractivity (Wildman–Crippen MR) is 117 cm³/mol. The van der Waals surface area contributed by atoms with Crippen molar-refractivity contribution in [3.63, 3.8) is 0 Å². The highest BCUT2D eigenvalue weighted by Crippen LogP contribution is 2.33. The Morgan fingerprint density at radius 1 is 1.06 bits per heavy atom. The minimum Gasteiger partial charge on any atom is -0.467 e. The van der Waals surface area contributed by atoms with Crippen LogP contribution in [0.25, 0.3) is 0 Å². The first-order valence-corrected chi connectivity index (χ1v) is 10.2. The summed E-state index contributed by atoms with van der Waals surface area (Å²) in [6.45, 7) is 5.52. The summed E-state index contributed by atoms with van der Waals surface area (Å²) in [5, 5.41) is 5.91. The first-order chi connectivity index (χ1) is 14.9. The van der Waals surface area contributed by atoms with E-state index in [-0.39, 0.29) is 6.04 Å². The molecule has 0 N–H and O–H groups in total. The molecule has 6 nitrogen and oxygen atoms in total. The van der Waals surface area contributed by atoms with Crippen LogP contribution in [0.5, 0.6) is 0 Å². The maximum absolute atomic E-state index is 12.9. The lowest BCUT2D eigenvalue weighted by atomic mass is 10.0. The van der Waals surface area contributed by atoms with Crippen LogP contribution < -0.4 is 0 Å². The van der Waals surface area contributed by atoms with E-state index in [9.17, 15) is 9.59 Å². The second kappa shape index (κ2) is 8.60. The normalized spacial score (nSPS) is 15.6. The molecule has 1 atom stereocenters. The van der Waals surface area contributed by atoms with Gasteiger partial charge < -0.3 is 9.15 Å². The van der Waals surface area contributed by atoms with E-state index >= 15 is 0 Å². The number of hydrazone groups is 1. The number of carbonyl (C=O) groups is 2. The fraction of sp³-hybridized carbons (Fsp3) is 0.240. The molecule has 0 aliphatic carbocycles. The molecule has 1 amide bonds. The highest BCUT2D eigenvalue weighted by atomic mass is 16.5. The maximum Gasteiger partial charge on any atom is 0.338 e. The zero-order valence-electron chi connectivity index (χ0n) is 17.8. The Kier molecular flexibility index (Phi) is 5.71. The summed E-state index contributed by atoms with van der Waals surface area (Å²) in [5.41, 5.74) is 5.38. The summed E-state index contributed by atoms with van der Waals surface area (Å²) < 4.78 is 10.8. The Labute approximate surface area is 181 Å². The van der Waals surface area contributed by atoms with Gasteiger partial charge in [0.25, 0.3) is 5.91 Å². The van der Waals surface area contributed by atoms with E-state index in [1.807, 2.05) is 57.2 Å². The van der Waals surface area contributed by atoms with Gasteiger partial charge in [-0.2, -0.15) is 5.10 Å². The van der Waals surface area contributed by atoms with E-state index in [1.165, 1.54) is 5.01 Å². The van der Waals surface area contributed by atoms with E-state index in [0.717, 1.165) is 28.0 Å². The van der Waals surface area contributed by atoms with E-state index in [4.69, 9.17) is 9.15 Å². The van der Waals surface area contributed by atoms with Gasteiger partial charge in [-0.3, -0.25) is 4.79 Å². The van der Waals surface area contributed by atoms with Crippen molar-refractivity contribution in [2.45, 2.75) is 33.2 Å². The van der Waals surface area contributed by atoms with Gasteiger partial charge in [-0.1, -0.05) is 35.9 Å². The third kappa shape index (κ3) is 4.43. The van der Waals surface area contributed by atoms with Crippen LogP contribution in [0.15, 0.2) is 70.4 Å². The lowest BCUT2D eigenvalue weighted by Crippen LogP contribution is -2.31. The van der Waals surface area contributed by atoms with Crippen LogP contribution in [0.3, 0.4) is 0 Å². The molecule has 3 aromatic rings. The first kappa shape index (κ1) is 20.6. The molecular formula is C25H24N2O4. The number of hydrogen-bond donors (Lipinski definition) is 0. The Morgan fingerprint density at radius 3 is 2.52 bits per heavy atom. The van der Waals surface area contributed by atoms with Gasteiger partial charge in [0.05, 0.1) is 17.5 Å². The number of furan rings is 1. The molecule has 2 heterocycles. The van der Waals surface area contributed by atoms with Gasteiger partial charge >= 0.3 is 5.97 Å². The Balaban J connectivity index is 1.51. The second-order valence-electron chi connectivity index (χ2n) is 7.76. The van der Waals surface area contributed by atoms with Crippen molar-refractivity contribution in [3.8, 4) is 0 Å². The Bertz CT molecular complexity index is 1130. The molecule has 31 heavy (non-hydrogen) atoms. The number of esters is 1. The highest BCUT2D eigenvalue weighted by molar-refractivity contribution is 6.03. The van der Waals surface area contributed by atoms with Crippen LogP contribution in [-0.2, 0) is 9.53 Å². The minimum absolute atomic E-state index is 0.376. The van der Waals surface area contributed by atoms with Crippen LogP contribution >= 0.6 is 0 Å². The van der Waals surface area contributed by atoms with Crippen molar-refractivity contribution in [2.75, 3.05) is 6.61 Å². The van der Waals surface area contributed by atoms with Crippen molar-refractivity contribution < 1.29 is 18.7 Å². The molecular weight excluding hydrogens is 392 g/mol. The molecule has 0 spiro atoms. The number of hydrogen-bond acceptors (Lipinski definition) is 5. The summed E-state index contributed by atoms with van der Waals surface area (Å²) in [7, 11) is 0. The average molecular weight is 416 g/mol. The summed E-state index contributed by atoms with van der Waals surface area (Å²) in [4.78, 5) is 25.3. The second-order valence-corrected chi connectivity index (χ2v) is 7.76. The lowest BCUT2D eigenvalue weighted by molar-refractivity contribution is -0.136. The zero-order chi connectivity index (χ0) is 22.0. The third-order valence-electron chi connectivity index (χ3n) is 5.49. The monoisotopic (exact) mass is 416 g/mol. The van der Waals surface area contributed by atoms with Crippen LogP contribution in [0.2, 0.25) is 0 Å². The number of carbonyl (C=O) groups excluding carboxylic acids is 2. The van der Waals surface area contributed by atoms with Crippen molar-refractivity contribution in [1.82, 2.24) is 5.01 Å². The number of amides is 1. The third-order valence-corrected chi connectivity index (χ3v) is 5.49. The summed E-state index contributed by atoms with van der Waals surface area (Å²) >= 11 is 0. The molecule has 1 aliphatic heterocycles. The van der Waals surface area contributed by atoms with E-state index in [1.54, 1.807) is 24.5 Å². The molecule has 0 bridgehead atoms. The average Bonchev–Trinajstić information content (AvgIpc) is 3.44.